The summed E-state index contributed by atoms with van der Waals surface area (Å²) in [5.41, 5.74) is 1.50. The maximum Gasteiger partial charge on any atom is 0.272 e. The van der Waals surface area contributed by atoms with Crippen molar-refractivity contribution in [2.75, 3.05) is 24.4 Å². The van der Waals surface area contributed by atoms with Gasteiger partial charge in [-0.25, -0.2) is 0 Å². The standard InChI is InChI=1S/C15H13ClN4O3/c1-23-8-14(21)20-12-3-2-10(5-11(12)16)19-15(22)13-4-9(6-17)7-18-13/h2-5,7,18H,8H2,1H3,(H,19,22)(H,20,21). The van der Waals surface area contributed by atoms with Gasteiger partial charge in [-0.3, -0.25) is 9.59 Å². The van der Waals surface area contributed by atoms with Gasteiger partial charge in [0.1, 0.15) is 18.4 Å². The van der Waals surface area contributed by atoms with E-state index in [9.17, 15) is 9.59 Å². The quantitative estimate of drug-likeness (QED) is 0.781. The molecule has 0 spiro atoms. The molecule has 1 aromatic heterocycles. The Morgan fingerprint density at radius 2 is 2.13 bits per heavy atom. The predicted molar refractivity (Wildman–Crippen MR) is 85.4 cm³/mol. The summed E-state index contributed by atoms with van der Waals surface area (Å²) in [5.74, 6) is -0.736. The summed E-state index contributed by atoms with van der Waals surface area (Å²) in [4.78, 5) is 26.2. The van der Waals surface area contributed by atoms with Crippen LogP contribution in [0.5, 0.6) is 0 Å². The van der Waals surface area contributed by atoms with Crippen LogP contribution in [0.4, 0.5) is 11.4 Å². The normalized spacial score (nSPS) is 9.96. The van der Waals surface area contributed by atoms with E-state index >= 15 is 0 Å². The number of hydrogen-bond acceptors (Lipinski definition) is 4. The average molecular weight is 333 g/mol. The van der Waals surface area contributed by atoms with Gasteiger partial charge >= 0.3 is 0 Å². The van der Waals surface area contributed by atoms with E-state index in [2.05, 4.69) is 15.6 Å². The molecule has 0 fully saturated rings. The zero-order chi connectivity index (χ0) is 16.8. The molecule has 1 aromatic carbocycles. The van der Waals surface area contributed by atoms with Crippen molar-refractivity contribution >= 4 is 34.8 Å². The molecule has 8 heteroatoms. The molecule has 0 unspecified atom stereocenters. The van der Waals surface area contributed by atoms with E-state index in [1.807, 2.05) is 6.07 Å². The highest BCUT2D eigenvalue weighted by molar-refractivity contribution is 6.34. The van der Waals surface area contributed by atoms with Crippen molar-refractivity contribution in [2.45, 2.75) is 0 Å². The van der Waals surface area contributed by atoms with E-state index in [4.69, 9.17) is 21.6 Å². The van der Waals surface area contributed by atoms with Crippen LogP contribution in [0.1, 0.15) is 16.1 Å². The van der Waals surface area contributed by atoms with E-state index in [0.717, 1.165) is 0 Å². The second kappa shape index (κ2) is 7.45. The number of carbonyl (C=O) groups is 2. The topological polar surface area (TPSA) is 107 Å². The Morgan fingerprint density at radius 3 is 2.74 bits per heavy atom. The Bertz CT molecular complexity index is 779. The molecule has 23 heavy (non-hydrogen) atoms. The third kappa shape index (κ3) is 4.32. The maximum atomic E-state index is 12.0. The molecule has 118 valence electrons. The number of benzene rings is 1. The molecular weight excluding hydrogens is 320 g/mol. The Hall–Kier alpha value is -2.82. The Labute approximate surface area is 137 Å². The van der Waals surface area contributed by atoms with Gasteiger partial charge in [0.25, 0.3) is 5.91 Å². The second-order valence-electron chi connectivity index (χ2n) is 4.54. The zero-order valence-corrected chi connectivity index (χ0v) is 12.9. The fraction of sp³-hybridized carbons (Fsp3) is 0.133. The molecule has 1 heterocycles. The van der Waals surface area contributed by atoms with Crippen molar-refractivity contribution in [3.63, 3.8) is 0 Å². The monoisotopic (exact) mass is 332 g/mol. The highest BCUT2D eigenvalue weighted by Gasteiger charge is 2.11. The lowest BCUT2D eigenvalue weighted by Gasteiger charge is -2.09. The molecule has 2 aromatic rings. The number of carbonyl (C=O) groups excluding carboxylic acids is 2. The lowest BCUT2D eigenvalue weighted by Crippen LogP contribution is -2.17. The minimum Gasteiger partial charge on any atom is -0.375 e. The van der Waals surface area contributed by atoms with Crippen LogP contribution in [0.3, 0.4) is 0 Å². The molecule has 0 aliphatic carbocycles. The largest absolute Gasteiger partial charge is 0.375 e. The molecule has 0 saturated heterocycles. The number of aromatic amines is 1. The van der Waals surface area contributed by atoms with Gasteiger partial charge in [-0.1, -0.05) is 11.6 Å². The van der Waals surface area contributed by atoms with Crippen LogP contribution in [-0.2, 0) is 9.53 Å². The summed E-state index contributed by atoms with van der Waals surface area (Å²) in [5, 5.41) is 14.2. The number of rotatable bonds is 5. The summed E-state index contributed by atoms with van der Waals surface area (Å²) in [6.45, 7) is -0.0805. The van der Waals surface area contributed by atoms with Gasteiger partial charge in [0.15, 0.2) is 0 Å². The zero-order valence-electron chi connectivity index (χ0n) is 12.1. The molecule has 7 nitrogen and oxygen atoms in total. The third-order valence-corrected chi connectivity index (χ3v) is 3.15. The van der Waals surface area contributed by atoms with Crippen molar-refractivity contribution in [3.8, 4) is 6.07 Å². The smallest absolute Gasteiger partial charge is 0.272 e. The van der Waals surface area contributed by atoms with Crippen LogP contribution in [-0.4, -0.2) is 30.5 Å². The van der Waals surface area contributed by atoms with E-state index < -0.39 is 5.91 Å². The highest BCUT2D eigenvalue weighted by atomic mass is 35.5. The molecule has 2 amide bonds. The van der Waals surface area contributed by atoms with Crippen LogP contribution in [0.25, 0.3) is 0 Å². The van der Waals surface area contributed by atoms with Gasteiger partial charge in [-0.2, -0.15) is 5.26 Å². The van der Waals surface area contributed by atoms with Gasteiger partial charge in [0, 0.05) is 19.0 Å². The first-order valence-corrected chi connectivity index (χ1v) is 6.89. The van der Waals surface area contributed by atoms with E-state index in [0.29, 0.717) is 16.9 Å². The molecule has 3 N–H and O–H groups in total. The number of H-pyrrole nitrogens is 1. The summed E-state index contributed by atoms with van der Waals surface area (Å²) in [6, 6.07) is 8.05. The van der Waals surface area contributed by atoms with Crippen LogP contribution in [0.15, 0.2) is 30.5 Å². The molecule has 0 atom stereocenters. The fourth-order valence-electron chi connectivity index (χ4n) is 1.80. The number of hydrogen-bond donors (Lipinski definition) is 3. The number of amides is 2. The predicted octanol–water partition coefficient (Wildman–Crippen LogP) is 2.38. The van der Waals surface area contributed by atoms with Gasteiger partial charge in [-0.15, -0.1) is 0 Å². The van der Waals surface area contributed by atoms with Gasteiger partial charge in [0.2, 0.25) is 5.91 Å². The van der Waals surface area contributed by atoms with Crippen molar-refractivity contribution in [1.29, 1.82) is 5.26 Å². The van der Waals surface area contributed by atoms with E-state index in [1.165, 1.54) is 25.4 Å². The SMILES string of the molecule is COCC(=O)Nc1ccc(NC(=O)c2cc(C#N)c[nH]2)cc1Cl. The second-order valence-corrected chi connectivity index (χ2v) is 4.95. The summed E-state index contributed by atoms with van der Waals surface area (Å²) < 4.78 is 4.71. The molecule has 0 bridgehead atoms. The van der Waals surface area contributed by atoms with Gasteiger partial charge in [-0.05, 0) is 24.3 Å². The van der Waals surface area contributed by atoms with Gasteiger partial charge < -0.3 is 20.4 Å². The van der Waals surface area contributed by atoms with Crippen molar-refractivity contribution < 1.29 is 14.3 Å². The van der Waals surface area contributed by atoms with E-state index in [-0.39, 0.29) is 23.2 Å². The number of aromatic nitrogens is 1. The number of halogens is 1. The minimum atomic E-state index is -0.404. The number of ether oxygens (including phenoxy) is 1. The van der Waals surface area contributed by atoms with Gasteiger partial charge in [0.05, 0.1) is 16.3 Å². The minimum absolute atomic E-state index is 0.0805. The summed E-state index contributed by atoms with van der Waals surface area (Å²) >= 11 is 6.07. The van der Waals surface area contributed by atoms with Crippen LogP contribution in [0.2, 0.25) is 5.02 Å². The van der Waals surface area contributed by atoms with Crippen LogP contribution >= 0.6 is 11.6 Å². The first kappa shape index (κ1) is 16.5. The lowest BCUT2D eigenvalue weighted by molar-refractivity contribution is -0.119. The molecular formula is C15H13ClN4O3. The fourth-order valence-corrected chi connectivity index (χ4v) is 2.03. The molecule has 2 rings (SSSR count). The molecule has 0 aliphatic heterocycles. The Balaban J connectivity index is 2.06. The number of nitrogens with one attached hydrogen (secondary N) is 3. The highest BCUT2D eigenvalue weighted by Crippen LogP contribution is 2.25. The number of nitrogens with zero attached hydrogens (tertiary/aromatic N) is 1. The first-order chi connectivity index (χ1) is 11.0. The number of anilines is 2. The number of methoxy groups -OCH3 is 1. The number of nitriles is 1. The summed E-state index contributed by atoms with van der Waals surface area (Å²) in [7, 11) is 1.41. The Morgan fingerprint density at radius 1 is 1.35 bits per heavy atom. The van der Waals surface area contributed by atoms with Crippen molar-refractivity contribution in [1.82, 2.24) is 4.98 Å². The third-order valence-electron chi connectivity index (χ3n) is 2.83. The first-order valence-electron chi connectivity index (χ1n) is 6.51. The van der Waals surface area contributed by atoms with E-state index in [1.54, 1.807) is 12.1 Å². The molecule has 0 saturated carbocycles. The van der Waals surface area contributed by atoms with Crippen molar-refractivity contribution in [3.05, 3.63) is 46.7 Å². The Kier molecular flexibility index (Phi) is 5.36. The maximum absolute atomic E-state index is 12.0. The summed E-state index contributed by atoms with van der Waals surface area (Å²) in [6.07, 6.45) is 1.44. The van der Waals surface area contributed by atoms with Crippen LogP contribution < -0.4 is 10.6 Å². The average Bonchev–Trinajstić information content (AvgIpc) is 2.99. The van der Waals surface area contributed by atoms with Crippen molar-refractivity contribution in [2.24, 2.45) is 0 Å². The molecule has 0 aliphatic rings. The molecule has 0 radical (unpaired) electrons. The van der Waals surface area contributed by atoms with Crippen LogP contribution in [0, 0.1) is 11.3 Å². The lowest BCUT2D eigenvalue weighted by atomic mass is 10.2.